The van der Waals surface area contributed by atoms with Crippen LogP contribution in [0.2, 0.25) is 0 Å². The molecule has 10 heavy (non-hydrogen) atoms. The van der Waals surface area contributed by atoms with Crippen molar-refractivity contribution in [3.8, 4) is 0 Å². The van der Waals surface area contributed by atoms with Crippen LogP contribution < -0.4 is 5.32 Å². The molecule has 0 amide bonds. The molecule has 2 heteroatoms. The summed E-state index contributed by atoms with van der Waals surface area (Å²) >= 11 is 0. The first-order valence-corrected chi connectivity index (χ1v) is 3.69. The third-order valence-electron chi connectivity index (χ3n) is 2.07. The summed E-state index contributed by atoms with van der Waals surface area (Å²) in [6.45, 7) is 2.26. The predicted molar refractivity (Wildman–Crippen MR) is 38.9 cm³/mol. The van der Waals surface area contributed by atoms with Crippen LogP contribution in [0.5, 0.6) is 0 Å². The van der Waals surface area contributed by atoms with E-state index < -0.39 is 0 Å². The molecule has 0 unspecified atom stereocenters. The van der Waals surface area contributed by atoms with Gasteiger partial charge in [0.1, 0.15) is 0 Å². The van der Waals surface area contributed by atoms with Gasteiger partial charge >= 0.3 is 0 Å². The average Bonchev–Trinajstić information content (AvgIpc) is 2.59. The number of furan rings is 1. The highest BCUT2D eigenvalue weighted by molar-refractivity contribution is 5.14. The number of hydrogen-bond donors (Lipinski definition) is 1. The Morgan fingerprint density at radius 1 is 1.60 bits per heavy atom. The van der Waals surface area contributed by atoms with Gasteiger partial charge in [-0.25, -0.2) is 0 Å². The lowest BCUT2D eigenvalue weighted by molar-refractivity contribution is 0.560. The van der Waals surface area contributed by atoms with Gasteiger partial charge in [0.2, 0.25) is 0 Å². The number of nitrogens with one attached hydrogen (secondary N) is 1. The Bertz CT molecular complexity index is 187. The summed E-state index contributed by atoms with van der Waals surface area (Å²) in [6, 6.07) is 2.05. The van der Waals surface area contributed by atoms with Gasteiger partial charge in [0.05, 0.1) is 12.5 Å². The zero-order valence-electron chi connectivity index (χ0n) is 5.84. The molecule has 1 atom stereocenters. The number of hydrogen-bond acceptors (Lipinski definition) is 2. The molecule has 0 bridgehead atoms. The van der Waals surface area contributed by atoms with E-state index in [-0.39, 0.29) is 0 Å². The molecule has 1 aromatic rings. The van der Waals surface area contributed by atoms with Gasteiger partial charge in [-0.3, -0.25) is 0 Å². The Balaban J connectivity index is 2.12. The van der Waals surface area contributed by atoms with E-state index in [0.717, 1.165) is 13.1 Å². The second-order valence-corrected chi connectivity index (χ2v) is 2.75. The molecule has 2 heterocycles. The van der Waals surface area contributed by atoms with Crippen LogP contribution in [-0.4, -0.2) is 13.1 Å². The third-order valence-corrected chi connectivity index (χ3v) is 2.07. The maximum Gasteiger partial charge on any atom is 0.0937 e. The zero-order chi connectivity index (χ0) is 6.81. The van der Waals surface area contributed by atoms with Gasteiger partial charge in [0.15, 0.2) is 0 Å². The first-order chi connectivity index (χ1) is 4.97. The van der Waals surface area contributed by atoms with E-state index in [4.69, 9.17) is 4.42 Å². The molecule has 0 radical (unpaired) electrons. The molecule has 0 spiro atoms. The lowest BCUT2D eigenvalue weighted by atomic mass is 10.0. The Labute approximate surface area is 60.2 Å². The molecule has 54 valence electrons. The summed E-state index contributed by atoms with van der Waals surface area (Å²) in [5, 5.41) is 3.32. The molecule has 1 saturated heterocycles. The van der Waals surface area contributed by atoms with Crippen molar-refractivity contribution in [1.82, 2.24) is 5.32 Å². The molecule has 1 aliphatic heterocycles. The van der Waals surface area contributed by atoms with E-state index in [1.807, 2.05) is 6.26 Å². The SMILES string of the molecule is c1cc([C@H]2CCNC2)co1. The van der Waals surface area contributed by atoms with Crippen LogP contribution in [0.4, 0.5) is 0 Å². The fourth-order valence-corrected chi connectivity index (χ4v) is 1.45. The van der Waals surface area contributed by atoms with Crippen molar-refractivity contribution in [2.75, 3.05) is 13.1 Å². The normalized spacial score (nSPS) is 25.4. The van der Waals surface area contributed by atoms with Crippen LogP contribution in [0, 0.1) is 0 Å². The van der Waals surface area contributed by atoms with E-state index in [1.54, 1.807) is 6.26 Å². The third kappa shape index (κ3) is 0.948. The first-order valence-electron chi connectivity index (χ1n) is 3.69. The van der Waals surface area contributed by atoms with Crippen molar-refractivity contribution >= 4 is 0 Å². The Kier molecular flexibility index (Phi) is 1.47. The lowest BCUT2D eigenvalue weighted by Gasteiger charge is -2.01. The van der Waals surface area contributed by atoms with Crippen molar-refractivity contribution in [1.29, 1.82) is 0 Å². The Hall–Kier alpha value is -0.760. The van der Waals surface area contributed by atoms with E-state index in [0.29, 0.717) is 5.92 Å². The highest BCUT2D eigenvalue weighted by atomic mass is 16.3. The maximum absolute atomic E-state index is 5.00. The standard InChI is InChI=1S/C8H11NO/c1-3-9-5-7(1)8-2-4-10-6-8/h2,4,6-7,9H,1,3,5H2/t7-/m0/s1. The maximum atomic E-state index is 5.00. The molecule has 0 aromatic carbocycles. The highest BCUT2D eigenvalue weighted by Crippen LogP contribution is 2.21. The van der Waals surface area contributed by atoms with Crippen LogP contribution in [0.25, 0.3) is 0 Å². The molecular weight excluding hydrogens is 126 g/mol. The lowest BCUT2D eigenvalue weighted by Crippen LogP contribution is -2.07. The summed E-state index contributed by atoms with van der Waals surface area (Å²) in [7, 11) is 0. The molecule has 2 rings (SSSR count). The topological polar surface area (TPSA) is 25.2 Å². The van der Waals surface area contributed by atoms with Crippen LogP contribution in [0.3, 0.4) is 0 Å². The highest BCUT2D eigenvalue weighted by Gasteiger charge is 2.16. The van der Waals surface area contributed by atoms with Gasteiger partial charge in [-0.1, -0.05) is 0 Å². The minimum atomic E-state index is 0.693. The van der Waals surface area contributed by atoms with E-state index >= 15 is 0 Å². The van der Waals surface area contributed by atoms with Crippen molar-refractivity contribution in [3.63, 3.8) is 0 Å². The largest absolute Gasteiger partial charge is 0.472 e. The molecule has 1 fully saturated rings. The van der Waals surface area contributed by atoms with E-state index in [9.17, 15) is 0 Å². The van der Waals surface area contributed by atoms with Crippen LogP contribution >= 0.6 is 0 Å². The monoisotopic (exact) mass is 137 g/mol. The van der Waals surface area contributed by atoms with Gasteiger partial charge in [0.25, 0.3) is 0 Å². The summed E-state index contributed by atoms with van der Waals surface area (Å²) in [5.41, 5.74) is 1.34. The fourth-order valence-electron chi connectivity index (χ4n) is 1.45. The molecule has 0 saturated carbocycles. The second-order valence-electron chi connectivity index (χ2n) is 2.75. The second kappa shape index (κ2) is 2.46. The quantitative estimate of drug-likeness (QED) is 0.632. The smallest absolute Gasteiger partial charge is 0.0937 e. The number of rotatable bonds is 1. The molecule has 0 aliphatic carbocycles. The Morgan fingerprint density at radius 2 is 2.60 bits per heavy atom. The zero-order valence-corrected chi connectivity index (χ0v) is 5.84. The van der Waals surface area contributed by atoms with Gasteiger partial charge in [0, 0.05) is 12.5 Å². The summed E-state index contributed by atoms with van der Waals surface area (Å²) < 4.78 is 5.00. The van der Waals surface area contributed by atoms with Crippen molar-refractivity contribution < 1.29 is 4.42 Å². The summed E-state index contributed by atoms with van der Waals surface area (Å²) in [6.07, 6.45) is 4.84. The summed E-state index contributed by atoms with van der Waals surface area (Å²) in [4.78, 5) is 0. The minimum Gasteiger partial charge on any atom is -0.472 e. The van der Waals surface area contributed by atoms with Crippen LogP contribution in [-0.2, 0) is 0 Å². The van der Waals surface area contributed by atoms with Crippen molar-refractivity contribution in [3.05, 3.63) is 24.2 Å². The first kappa shape index (κ1) is 5.98. The average molecular weight is 137 g/mol. The molecular formula is C8H11NO. The summed E-state index contributed by atoms with van der Waals surface area (Å²) in [5.74, 6) is 0.693. The molecule has 1 N–H and O–H groups in total. The molecule has 1 aromatic heterocycles. The predicted octanol–water partition coefficient (Wildman–Crippen LogP) is 1.36. The van der Waals surface area contributed by atoms with Gasteiger partial charge < -0.3 is 9.73 Å². The van der Waals surface area contributed by atoms with Crippen molar-refractivity contribution in [2.45, 2.75) is 12.3 Å². The van der Waals surface area contributed by atoms with E-state index in [2.05, 4.69) is 11.4 Å². The van der Waals surface area contributed by atoms with Crippen LogP contribution in [0.15, 0.2) is 23.0 Å². The van der Waals surface area contributed by atoms with Gasteiger partial charge in [-0.15, -0.1) is 0 Å². The van der Waals surface area contributed by atoms with Crippen LogP contribution in [0.1, 0.15) is 17.9 Å². The fraction of sp³-hybridized carbons (Fsp3) is 0.500. The minimum absolute atomic E-state index is 0.693. The van der Waals surface area contributed by atoms with Crippen molar-refractivity contribution in [2.24, 2.45) is 0 Å². The van der Waals surface area contributed by atoms with Gasteiger partial charge in [-0.05, 0) is 24.6 Å². The molecule has 2 nitrogen and oxygen atoms in total. The molecule has 1 aliphatic rings. The van der Waals surface area contributed by atoms with Gasteiger partial charge in [-0.2, -0.15) is 0 Å². The van der Waals surface area contributed by atoms with E-state index in [1.165, 1.54) is 12.0 Å². The Morgan fingerprint density at radius 3 is 3.20 bits per heavy atom.